The number of hydrogen-bond donors (Lipinski definition) is 1. The lowest BCUT2D eigenvalue weighted by molar-refractivity contribution is 0.646. The first-order valence-corrected chi connectivity index (χ1v) is 7.26. The van der Waals surface area contributed by atoms with Gasteiger partial charge in [0.15, 0.2) is 0 Å². The third-order valence-electron chi connectivity index (χ3n) is 2.95. The third-order valence-corrected chi connectivity index (χ3v) is 4.77. The molecule has 2 rings (SSSR count). The summed E-state index contributed by atoms with van der Waals surface area (Å²) in [7, 11) is 0. The minimum absolute atomic E-state index is 0.827. The van der Waals surface area contributed by atoms with Crippen molar-refractivity contribution in [2.24, 2.45) is 0 Å². The third kappa shape index (κ3) is 3.41. The van der Waals surface area contributed by atoms with Crippen LogP contribution in [0.4, 0.5) is 0 Å². The Bertz CT molecular complexity index is 348. The Kier molecular flexibility index (Phi) is 4.56. The van der Waals surface area contributed by atoms with Crippen LogP contribution in [-0.4, -0.2) is 17.5 Å². The molecule has 88 valence electrons. The molecule has 0 aliphatic carbocycles. The highest BCUT2D eigenvalue weighted by Gasteiger charge is 2.14. The van der Waals surface area contributed by atoms with Crippen molar-refractivity contribution < 1.29 is 0 Å². The molecule has 0 amide bonds. The molecule has 1 aromatic carbocycles. The van der Waals surface area contributed by atoms with Gasteiger partial charge < -0.3 is 5.32 Å². The first kappa shape index (κ1) is 12.3. The highest BCUT2D eigenvalue weighted by Crippen LogP contribution is 2.25. The minimum atomic E-state index is 0.827. The van der Waals surface area contributed by atoms with Crippen molar-refractivity contribution in [3.8, 4) is 0 Å². The lowest BCUT2D eigenvalue weighted by Gasteiger charge is -2.10. The van der Waals surface area contributed by atoms with Gasteiger partial charge in [-0.3, -0.25) is 0 Å². The van der Waals surface area contributed by atoms with E-state index in [0.717, 1.165) is 28.9 Å². The van der Waals surface area contributed by atoms with E-state index < -0.39 is 0 Å². The van der Waals surface area contributed by atoms with Crippen molar-refractivity contribution >= 4 is 23.4 Å². The molecule has 1 atom stereocenters. The number of thioether (sulfide) groups is 1. The summed E-state index contributed by atoms with van der Waals surface area (Å²) in [5.74, 6) is 1.34. The van der Waals surface area contributed by atoms with E-state index in [2.05, 4.69) is 36.1 Å². The zero-order valence-electron chi connectivity index (χ0n) is 9.63. The Balaban J connectivity index is 1.78. The predicted molar refractivity (Wildman–Crippen MR) is 73.4 cm³/mol. The molecule has 1 aromatic rings. The maximum absolute atomic E-state index is 5.99. The molecule has 1 saturated heterocycles. The zero-order chi connectivity index (χ0) is 11.4. The highest BCUT2D eigenvalue weighted by molar-refractivity contribution is 8.00. The van der Waals surface area contributed by atoms with Crippen LogP contribution in [0.1, 0.15) is 24.0 Å². The largest absolute Gasteiger partial charge is 0.312 e. The molecule has 1 heterocycles. The molecule has 1 N–H and O–H groups in total. The Labute approximate surface area is 107 Å². The molecular formula is C13H18ClNS. The van der Waals surface area contributed by atoms with Gasteiger partial charge in [-0.2, -0.15) is 11.8 Å². The van der Waals surface area contributed by atoms with E-state index >= 15 is 0 Å². The number of hydrogen-bond acceptors (Lipinski definition) is 2. The van der Waals surface area contributed by atoms with Gasteiger partial charge >= 0.3 is 0 Å². The second-order valence-electron chi connectivity index (χ2n) is 4.35. The molecule has 3 heteroatoms. The Morgan fingerprint density at radius 2 is 2.38 bits per heavy atom. The van der Waals surface area contributed by atoms with E-state index in [1.54, 1.807) is 0 Å². The molecular weight excluding hydrogens is 238 g/mol. The molecule has 1 aliphatic heterocycles. The van der Waals surface area contributed by atoms with Gasteiger partial charge in [0.1, 0.15) is 0 Å². The van der Waals surface area contributed by atoms with Crippen LogP contribution in [0.3, 0.4) is 0 Å². The Hall–Kier alpha value is -0.180. The van der Waals surface area contributed by atoms with E-state index in [4.69, 9.17) is 11.6 Å². The number of benzene rings is 1. The Morgan fingerprint density at radius 3 is 3.06 bits per heavy atom. The van der Waals surface area contributed by atoms with Gasteiger partial charge in [-0.1, -0.05) is 23.7 Å². The number of rotatable bonds is 4. The van der Waals surface area contributed by atoms with Crippen LogP contribution in [0.15, 0.2) is 18.2 Å². The molecule has 0 radical (unpaired) electrons. The van der Waals surface area contributed by atoms with Crippen molar-refractivity contribution in [2.75, 3.05) is 12.3 Å². The number of aryl methyl sites for hydroxylation is 1. The summed E-state index contributed by atoms with van der Waals surface area (Å²) in [6.45, 7) is 4.14. The molecule has 16 heavy (non-hydrogen) atoms. The maximum Gasteiger partial charge on any atom is 0.0435 e. The second-order valence-corrected chi connectivity index (χ2v) is 6.16. The standard InChI is InChI=1S/C13H18ClNS/c1-10-7-11(4-5-13(10)14)8-15-9-12-3-2-6-16-12/h4-5,7,12,15H,2-3,6,8-9H2,1H3. The second kappa shape index (κ2) is 5.95. The lowest BCUT2D eigenvalue weighted by atomic mass is 10.1. The van der Waals surface area contributed by atoms with Crippen molar-refractivity contribution in [1.29, 1.82) is 0 Å². The topological polar surface area (TPSA) is 12.0 Å². The summed E-state index contributed by atoms with van der Waals surface area (Å²) >= 11 is 8.09. The fourth-order valence-corrected chi connectivity index (χ4v) is 3.35. The molecule has 1 nitrogen and oxygen atoms in total. The van der Waals surface area contributed by atoms with Crippen LogP contribution >= 0.6 is 23.4 Å². The van der Waals surface area contributed by atoms with Crippen molar-refractivity contribution in [2.45, 2.75) is 31.6 Å². The van der Waals surface area contributed by atoms with Crippen LogP contribution in [0.2, 0.25) is 5.02 Å². The maximum atomic E-state index is 5.99. The van der Waals surface area contributed by atoms with E-state index in [-0.39, 0.29) is 0 Å². The average Bonchev–Trinajstić information content (AvgIpc) is 2.76. The smallest absolute Gasteiger partial charge is 0.0435 e. The number of nitrogens with one attached hydrogen (secondary N) is 1. The number of halogens is 1. The molecule has 1 unspecified atom stereocenters. The first-order chi connectivity index (χ1) is 7.75. The molecule has 0 aromatic heterocycles. The van der Waals surface area contributed by atoms with Crippen LogP contribution < -0.4 is 5.32 Å². The molecule has 0 saturated carbocycles. The van der Waals surface area contributed by atoms with Gasteiger partial charge in [-0.25, -0.2) is 0 Å². The van der Waals surface area contributed by atoms with Crippen LogP contribution in [0.25, 0.3) is 0 Å². The normalized spacial score (nSPS) is 20.2. The Morgan fingerprint density at radius 1 is 1.50 bits per heavy atom. The monoisotopic (exact) mass is 255 g/mol. The van der Waals surface area contributed by atoms with Crippen molar-refractivity contribution in [3.63, 3.8) is 0 Å². The summed E-state index contributed by atoms with van der Waals surface area (Å²) in [6, 6.07) is 6.25. The molecule has 0 bridgehead atoms. The van der Waals surface area contributed by atoms with Crippen molar-refractivity contribution in [3.05, 3.63) is 34.3 Å². The summed E-state index contributed by atoms with van der Waals surface area (Å²) in [6.07, 6.45) is 2.76. The summed E-state index contributed by atoms with van der Waals surface area (Å²) in [5, 5.41) is 5.21. The van der Waals surface area contributed by atoms with Gasteiger partial charge in [-0.05, 0) is 42.7 Å². The highest BCUT2D eigenvalue weighted by atomic mass is 35.5. The van der Waals surface area contributed by atoms with E-state index in [0.29, 0.717) is 0 Å². The minimum Gasteiger partial charge on any atom is -0.312 e. The van der Waals surface area contributed by atoms with E-state index in [1.807, 2.05) is 6.07 Å². The SMILES string of the molecule is Cc1cc(CNCC2CCCS2)ccc1Cl. The first-order valence-electron chi connectivity index (χ1n) is 5.83. The quantitative estimate of drug-likeness (QED) is 0.882. The van der Waals surface area contributed by atoms with Crippen LogP contribution in [0.5, 0.6) is 0 Å². The average molecular weight is 256 g/mol. The molecule has 0 spiro atoms. The van der Waals surface area contributed by atoms with Gasteiger partial charge in [-0.15, -0.1) is 0 Å². The van der Waals surface area contributed by atoms with Gasteiger partial charge in [0.25, 0.3) is 0 Å². The van der Waals surface area contributed by atoms with Crippen LogP contribution in [-0.2, 0) is 6.54 Å². The van der Waals surface area contributed by atoms with Crippen molar-refractivity contribution in [1.82, 2.24) is 5.32 Å². The van der Waals surface area contributed by atoms with E-state index in [9.17, 15) is 0 Å². The summed E-state index contributed by atoms with van der Waals surface area (Å²) in [4.78, 5) is 0. The van der Waals surface area contributed by atoms with Crippen LogP contribution in [0, 0.1) is 6.92 Å². The fraction of sp³-hybridized carbons (Fsp3) is 0.538. The van der Waals surface area contributed by atoms with Gasteiger partial charge in [0.05, 0.1) is 0 Å². The van der Waals surface area contributed by atoms with Gasteiger partial charge in [0, 0.05) is 23.4 Å². The predicted octanol–water partition coefficient (Wildman–Crippen LogP) is 3.63. The van der Waals surface area contributed by atoms with Gasteiger partial charge in [0.2, 0.25) is 0 Å². The lowest BCUT2D eigenvalue weighted by Crippen LogP contribution is -2.22. The summed E-state index contributed by atoms with van der Waals surface area (Å²) < 4.78 is 0. The fourth-order valence-electron chi connectivity index (χ4n) is 2.00. The summed E-state index contributed by atoms with van der Waals surface area (Å²) in [5.41, 5.74) is 2.49. The molecule has 1 aliphatic rings. The van der Waals surface area contributed by atoms with E-state index in [1.165, 1.54) is 24.2 Å². The zero-order valence-corrected chi connectivity index (χ0v) is 11.2. The molecule has 1 fully saturated rings.